The van der Waals surface area contributed by atoms with E-state index >= 15 is 0 Å². The van der Waals surface area contributed by atoms with Gasteiger partial charge in [-0.25, -0.2) is 9.37 Å². The monoisotopic (exact) mass is 503 g/mol. The summed E-state index contributed by atoms with van der Waals surface area (Å²) in [4.78, 5) is 29.8. The number of nitrogens with zero attached hydrogens (tertiary/aromatic N) is 3. The fraction of sp³-hybridized carbons (Fsp3) is 0.250. The van der Waals surface area contributed by atoms with E-state index in [0.29, 0.717) is 24.7 Å². The summed E-state index contributed by atoms with van der Waals surface area (Å²) in [5.74, 6) is 1.34. The first-order valence-electron chi connectivity index (χ1n) is 11.9. The Kier molecular flexibility index (Phi) is 6.65. The quantitative estimate of drug-likeness (QED) is 0.538. The second kappa shape index (κ2) is 10.0. The van der Waals surface area contributed by atoms with Crippen LogP contribution in [-0.4, -0.2) is 65.4 Å². The molecule has 3 aromatic rings. The van der Waals surface area contributed by atoms with E-state index in [1.165, 1.54) is 0 Å². The van der Waals surface area contributed by atoms with Crippen molar-refractivity contribution in [2.45, 2.75) is 13.0 Å². The number of amidine groups is 1. The highest BCUT2D eigenvalue weighted by Gasteiger charge is 2.49. The van der Waals surface area contributed by atoms with Gasteiger partial charge in [0, 0.05) is 23.7 Å². The molecule has 1 unspecified atom stereocenters. The highest BCUT2D eigenvalue weighted by Crippen LogP contribution is 2.35. The highest BCUT2D eigenvalue weighted by atomic mass is 35.5. The van der Waals surface area contributed by atoms with Gasteiger partial charge in [-0.2, -0.15) is 4.90 Å². The Morgan fingerprint density at radius 2 is 1.86 bits per heavy atom. The molecule has 5 rings (SSSR count). The minimum atomic E-state index is -0.302. The first kappa shape index (κ1) is 23.9. The summed E-state index contributed by atoms with van der Waals surface area (Å²) in [6, 6.07) is 23.0. The molecule has 3 amide bonds. The third-order valence-corrected chi connectivity index (χ3v) is 6.81. The van der Waals surface area contributed by atoms with Crippen molar-refractivity contribution in [3.05, 3.63) is 94.5 Å². The average Bonchev–Trinajstić information content (AvgIpc) is 3.29. The smallest absolute Gasteiger partial charge is 0.412 e. The number of carbonyl (C=O) groups excluding carboxylic acids is 2. The van der Waals surface area contributed by atoms with E-state index in [-0.39, 0.29) is 24.5 Å². The Labute approximate surface area is 215 Å². The van der Waals surface area contributed by atoms with Gasteiger partial charge in [0.2, 0.25) is 5.91 Å². The molecule has 2 aliphatic rings. The van der Waals surface area contributed by atoms with Crippen LogP contribution in [0.5, 0.6) is 5.75 Å². The lowest BCUT2D eigenvalue weighted by Crippen LogP contribution is -2.55. The lowest BCUT2D eigenvalue weighted by Gasteiger charge is -2.29. The Morgan fingerprint density at radius 3 is 2.58 bits per heavy atom. The van der Waals surface area contributed by atoms with Gasteiger partial charge >= 0.3 is 6.03 Å². The number of ether oxygens (including phenoxy) is 1. The third kappa shape index (κ3) is 4.66. The normalized spacial score (nSPS) is 17.9. The number of benzene rings is 3. The van der Waals surface area contributed by atoms with E-state index in [2.05, 4.69) is 16.0 Å². The van der Waals surface area contributed by atoms with Crippen LogP contribution in [-0.2, 0) is 4.79 Å². The van der Waals surface area contributed by atoms with Crippen molar-refractivity contribution in [2.75, 3.05) is 33.3 Å². The van der Waals surface area contributed by atoms with Crippen molar-refractivity contribution in [1.29, 1.82) is 0 Å². The van der Waals surface area contributed by atoms with Crippen LogP contribution < -0.4 is 10.1 Å². The van der Waals surface area contributed by atoms with Gasteiger partial charge in [0.15, 0.2) is 6.04 Å². The minimum absolute atomic E-state index is 0.0300. The molecule has 7 nitrogen and oxygen atoms in total. The summed E-state index contributed by atoms with van der Waals surface area (Å²) in [7, 11) is 1.63. The molecule has 2 aliphatic heterocycles. The second-order valence-electron chi connectivity index (χ2n) is 9.00. The minimum Gasteiger partial charge on any atom is -0.497 e. The van der Waals surface area contributed by atoms with E-state index in [4.69, 9.17) is 16.3 Å². The topological polar surface area (TPSA) is 64.9 Å². The molecule has 1 N–H and O–H groups in total. The largest absolute Gasteiger partial charge is 0.497 e. The Bertz CT molecular complexity index is 1340. The number of rotatable bonds is 4. The van der Waals surface area contributed by atoms with Crippen LogP contribution in [0.2, 0.25) is 5.02 Å². The molecule has 0 bridgehead atoms. The Morgan fingerprint density at radius 1 is 1.08 bits per heavy atom. The fourth-order valence-electron chi connectivity index (χ4n) is 4.83. The third-order valence-electron chi connectivity index (χ3n) is 6.56. The Balaban J connectivity index is 1.70. The molecule has 2 heterocycles. The van der Waals surface area contributed by atoms with E-state index in [1.807, 2.05) is 78.6 Å². The predicted molar refractivity (Wildman–Crippen MR) is 139 cm³/mol. The number of hydrogen-bond acceptors (Lipinski definition) is 3. The van der Waals surface area contributed by atoms with Crippen molar-refractivity contribution in [2.24, 2.45) is 0 Å². The van der Waals surface area contributed by atoms with Crippen LogP contribution in [0.4, 0.5) is 10.5 Å². The number of piperazine rings is 1. The van der Waals surface area contributed by atoms with E-state index < -0.39 is 0 Å². The maximum absolute atomic E-state index is 14.2. The number of carbonyl (C=O) groups is 2. The molecule has 0 radical (unpaired) electrons. The molecule has 0 spiro atoms. The summed E-state index contributed by atoms with van der Waals surface area (Å²) in [6.45, 7) is 3.48. The van der Waals surface area contributed by atoms with Crippen LogP contribution in [0.15, 0.2) is 72.8 Å². The van der Waals surface area contributed by atoms with Crippen LogP contribution >= 0.6 is 11.6 Å². The van der Waals surface area contributed by atoms with Gasteiger partial charge in [-0.05, 0) is 55.5 Å². The van der Waals surface area contributed by atoms with Crippen molar-refractivity contribution >= 4 is 35.1 Å². The van der Waals surface area contributed by atoms with Gasteiger partial charge in [0.05, 0.1) is 12.7 Å². The van der Waals surface area contributed by atoms with Gasteiger partial charge in [-0.3, -0.25) is 9.69 Å². The van der Waals surface area contributed by atoms with Gasteiger partial charge in [-0.15, -0.1) is 0 Å². The van der Waals surface area contributed by atoms with Gasteiger partial charge in [0.25, 0.3) is 5.84 Å². The molecule has 1 atom stereocenters. The molecule has 0 saturated carbocycles. The summed E-state index contributed by atoms with van der Waals surface area (Å²) in [5, 5.41) is 3.45. The maximum Gasteiger partial charge on any atom is 0.412 e. The average molecular weight is 504 g/mol. The predicted octanol–water partition coefficient (Wildman–Crippen LogP) is 4.36. The first-order chi connectivity index (χ1) is 17.4. The molecule has 0 aromatic heterocycles. The molecule has 0 aliphatic carbocycles. The van der Waals surface area contributed by atoms with Crippen LogP contribution in [0.1, 0.15) is 22.7 Å². The molecule has 3 aromatic carbocycles. The SMILES string of the molecule is COc1cccc(C2C[N+](c3ccc(Cl)cc3)=C(c3cccc(C)c3)N2C(=O)N2CCNC(=O)C2)c1. The number of amides is 3. The Hall–Kier alpha value is -3.84. The summed E-state index contributed by atoms with van der Waals surface area (Å²) < 4.78 is 7.64. The molecular weight excluding hydrogens is 476 g/mol. The number of methoxy groups -OCH3 is 1. The fourth-order valence-corrected chi connectivity index (χ4v) is 4.95. The standard InChI is InChI=1S/C28H27ClN4O3/c1-19-5-3-7-21(15-19)27-32(23-11-9-22(29)10-12-23)17-25(20-6-4-8-24(16-20)36-2)33(27)28(35)31-14-13-30-26(34)18-31/h3-12,15-16,25H,13-14,17-18H2,1-2H3/p+1. The second-order valence-corrected chi connectivity index (χ2v) is 9.43. The summed E-state index contributed by atoms with van der Waals surface area (Å²) in [6.07, 6.45) is 0. The van der Waals surface area contributed by atoms with E-state index in [9.17, 15) is 9.59 Å². The zero-order chi connectivity index (χ0) is 25.2. The van der Waals surface area contributed by atoms with Crippen LogP contribution in [0, 0.1) is 6.92 Å². The zero-order valence-electron chi connectivity index (χ0n) is 20.3. The van der Waals surface area contributed by atoms with Crippen LogP contribution in [0.3, 0.4) is 0 Å². The molecular formula is C28H28ClN4O3+. The number of aryl methyl sites for hydroxylation is 1. The number of nitrogens with one attached hydrogen (secondary N) is 1. The zero-order valence-corrected chi connectivity index (χ0v) is 21.0. The highest BCUT2D eigenvalue weighted by molar-refractivity contribution is 6.30. The molecule has 1 fully saturated rings. The van der Waals surface area contributed by atoms with Gasteiger partial charge in [-0.1, -0.05) is 41.4 Å². The molecule has 8 heteroatoms. The lowest BCUT2D eigenvalue weighted by molar-refractivity contribution is -0.433. The van der Waals surface area contributed by atoms with Gasteiger partial charge in [0.1, 0.15) is 24.5 Å². The number of halogens is 1. The van der Waals surface area contributed by atoms with E-state index in [1.54, 1.807) is 12.0 Å². The summed E-state index contributed by atoms with van der Waals surface area (Å²) in [5.41, 5.74) is 3.89. The molecule has 184 valence electrons. The number of urea groups is 1. The van der Waals surface area contributed by atoms with Crippen LogP contribution in [0.25, 0.3) is 0 Å². The van der Waals surface area contributed by atoms with Crippen molar-refractivity contribution in [3.63, 3.8) is 0 Å². The van der Waals surface area contributed by atoms with Crippen molar-refractivity contribution < 1.29 is 18.9 Å². The lowest BCUT2D eigenvalue weighted by atomic mass is 10.0. The first-order valence-corrected chi connectivity index (χ1v) is 12.3. The number of hydrogen-bond donors (Lipinski definition) is 1. The molecule has 1 saturated heterocycles. The molecule has 36 heavy (non-hydrogen) atoms. The summed E-state index contributed by atoms with van der Waals surface area (Å²) >= 11 is 6.20. The van der Waals surface area contributed by atoms with Crippen molar-refractivity contribution in [3.8, 4) is 5.75 Å². The van der Waals surface area contributed by atoms with E-state index in [0.717, 1.165) is 34.0 Å². The van der Waals surface area contributed by atoms with Gasteiger partial charge < -0.3 is 10.1 Å². The maximum atomic E-state index is 14.2. The van der Waals surface area contributed by atoms with Crippen molar-refractivity contribution in [1.82, 2.24) is 15.1 Å².